The molecule has 0 aliphatic carbocycles. The molecule has 0 atom stereocenters. The van der Waals surface area contributed by atoms with E-state index in [1.165, 1.54) is 24.3 Å². The van der Waals surface area contributed by atoms with Crippen LogP contribution in [-0.4, -0.2) is 83.0 Å². The smallest absolute Gasteiger partial charge is 0.335 e. The van der Waals surface area contributed by atoms with Crippen LogP contribution in [0.2, 0.25) is 0 Å². The van der Waals surface area contributed by atoms with Crippen molar-refractivity contribution in [2.24, 2.45) is 0 Å². The van der Waals surface area contributed by atoms with Crippen molar-refractivity contribution < 1.29 is 50.3 Å². The van der Waals surface area contributed by atoms with Crippen LogP contribution >= 0.6 is 0 Å². The highest BCUT2D eigenvalue weighted by Crippen LogP contribution is 2.26. The van der Waals surface area contributed by atoms with Crippen molar-refractivity contribution in [3.05, 3.63) is 82.6 Å². The molecule has 0 fully saturated rings. The number of carbonyl (C=O) groups is 2. The number of aromatic carboxylic acids is 2. The number of hydrogen-bond acceptors (Lipinski definition) is 7. The second-order valence-electron chi connectivity index (χ2n) is 10.0. The lowest BCUT2D eigenvalue weighted by Crippen LogP contribution is -2.25. The molecule has 12 nitrogen and oxygen atoms in total. The molecular weight excluding hydrogens is 600 g/mol. The van der Waals surface area contributed by atoms with E-state index in [4.69, 9.17) is 0 Å². The molecule has 2 aromatic rings. The van der Waals surface area contributed by atoms with Crippen molar-refractivity contribution in [2.75, 3.05) is 29.5 Å². The van der Waals surface area contributed by atoms with E-state index >= 15 is 0 Å². The monoisotopic (exact) mass is 637 g/mol. The topological polar surface area (TPSA) is 190 Å². The highest BCUT2D eigenvalue weighted by atomic mass is 32.2. The lowest BCUT2D eigenvalue weighted by molar-refractivity contribution is -0.440. The molecule has 0 amide bonds. The minimum absolute atomic E-state index is 0.103. The molecule has 43 heavy (non-hydrogen) atoms. The molecule has 0 heterocycles. The third kappa shape index (κ3) is 11.4. The number of nitrogens with zero attached hydrogens (tertiary/aromatic N) is 2. The molecule has 0 saturated carbocycles. The summed E-state index contributed by atoms with van der Waals surface area (Å²) in [6, 6.07) is 9.18. The Balaban J connectivity index is 2.50. The molecule has 0 aliphatic heterocycles. The lowest BCUT2D eigenvalue weighted by Gasteiger charge is -2.27. The number of benzene rings is 2. The molecule has 0 saturated heterocycles. The van der Waals surface area contributed by atoms with Gasteiger partial charge in [0, 0.05) is 49.0 Å². The van der Waals surface area contributed by atoms with Gasteiger partial charge in [-0.1, -0.05) is 6.08 Å². The molecule has 2 rings (SSSR count). The van der Waals surface area contributed by atoms with Crippen LogP contribution in [-0.2, 0) is 20.2 Å². The molecule has 0 unspecified atom stereocenters. The van der Waals surface area contributed by atoms with E-state index in [1.54, 1.807) is 58.1 Å². The number of rotatable bonds is 15. The van der Waals surface area contributed by atoms with Gasteiger partial charge >= 0.3 is 11.9 Å². The van der Waals surface area contributed by atoms with Crippen LogP contribution in [0.3, 0.4) is 0 Å². The van der Waals surface area contributed by atoms with Crippen LogP contribution in [0.4, 0.5) is 11.4 Å². The van der Waals surface area contributed by atoms with Gasteiger partial charge in [-0.25, -0.2) is 9.59 Å². The van der Waals surface area contributed by atoms with Gasteiger partial charge in [0.05, 0.1) is 22.6 Å². The summed E-state index contributed by atoms with van der Waals surface area (Å²) < 4.78 is 65.4. The van der Waals surface area contributed by atoms with Gasteiger partial charge < -0.3 is 15.1 Å². The summed E-state index contributed by atoms with van der Waals surface area (Å²) in [7, 11) is -8.36. The van der Waals surface area contributed by atoms with E-state index in [0.717, 1.165) is 0 Å². The first-order chi connectivity index (χ1) is 19.9. The van der Waals surface area contributed by atoms with Gasteiger partial charge in [0.2, 0.25) is 5.69 Å². The third-order valence-corrected chi connectivity index (χ3v) is 8.17. The molecule has 14 heteroatoms. The summed E-state index contributed by atoms with van der Waals surface area (Å²) in [5.41, 5.74) is 4.19. The number of aryl methyl sites for hydroxylation is 2. The summed E-state index contributed by atoms with van der Waals surface area (Å²) in [6.07, 6.45) is 5.47. The lowest BCUT2D eigenvalue weighted by atomic mass is 10.1. The van der Waals surface area contributed by atoms with Gasteiger partial charge in [0.1, 0.15) is 6.54 Å². The summed E-state index contributed by atoms with van der Waals surface area (Å²) >= 11 is 0. The molecule has 2 aromatic carbocycles. The summed E-state index contributed by atoms with van der Waals surface area (Å²) in [4.78, 5) is 24.6. The Bertz CT molecular complexity index is 1670. The van der Waals surface area contributed by atoms with Crippen LogP contribution in [0, 0.1) is 13.8 Å². The molecule has 0 bridgehead atoms. The SMILES string of the molecule is C\C(=C/C=C/C(C)=[N+](\CCCS(=O)(=O)O)c1ccc(C(=O)O)cc1C)N(CCCS(=O)(=O)O)c1ccc(C(=O)O)cc1C. The normalized spacial score (nSPS) is 13.2. The molecule has 234 valence electrons. The zero-order valence-electron chi connectivity index (χ0n) is 24.4. The van der Waals surface area contributed by atoms with E-state index in [9.17, 15) is 45.7 Å². The minimum Gasteiger partial charge on any atom is -0.478 e. The van der Waals surface area contributed by atoms with E-state index < -0.39 is 43.7 Å². The maximum Gasteiger partial charge on any atom is 0.335 e. The Morgan fingerprint density at radius 3 is 1.88 bits per heavy atom. The van der Waals surface area contributed by atoms with E-state index in [0.29, 0.717) is 33.9 Å². The summed E-state index contributed by atoms with van der Waals surface area (Å²) in [5.74, 6) is -3.07. The summed E-state index contributed by atoms with van der Waals surface area (Å²) in [6.45, 7) is 7.47. The molecular formula is C29H37N2O10S2+. The van der Waals surface area contributed by atoms with Crippen LogP contribution in [0.25, 0.3) is 0 Å². The highest BCUT2D eigenvalue weighted by Gasteiger charge is 2.19. The largest absolute Gasteiger partial charge is 0.478 e. The van der Waals surface area contributed by atoms with Gasteiger partial charge in [0.15, 0.2) is 5.71 Å². The second-order valence-corrected chi connectivity index (χ2v) is 13.1. The second kappa shape index (κ2) is 15.0. The summed E-state index contributed by atoms with van der Waals surface area (Å²) in [5, 5.41) is 18.6. The Labute approximate surface area is 251 Å². The first-order valence-electron chi connectivity index (χ1n) is 13.2. The molecule has 4 N–H and O–H groups in total. The quantitative estimate of drug-likeness (QED) is 0.0941. The zero-order valence-corrected chi connectivity index (χ0v) is 26.0. The first kappa shape index (κ1) is 35.3. The van der Waals surface area contributed by atoms with Crippen LogP contribution < -0.4 is 4.90 Å². The third-order valence-electron chi connectivity index (χ3n) is 6.56. The van der Waals surface area contributed by atoms with E-state index in [2.05, 4.69) is 0 Å². The van der Waals surface area contributed by atoms with Gasteiger partial charge in [-0.3, -0.25) is 9.11 Å². The Morgan fingerprint density at radius 1 is 0.837 bits per heavy atom. The number of anilines is 1. The molecule has 0 aromatic heterocycles. The zero-order chi connectivity index (χ0) is 32.5. The van der Waals surface area contributed by atoms with Crippen LogP contribution in [0.15, 0.2) is 60.3 Å². The maximum absolute atomic E-state index is 11.4. The average Bonchev–Trinajstić information content (AvgIpc) is 2.88. The fraction of sp³-hybridized carbons (Fsp3) is 0.345. The van der Waals surface area contributed by atoms with Crippen molar-refractivity contribution in [2.45, 2.75) is 40.5 Å². The van der Waals surface area contributed by atoms with Crippen LogP contribution in [0.1, 0.15) is 58.5 Å². The van der Waals surface area contributed by atoms with Gasteiger partial charge in [0.25, 0.3) is 20.2 Å². The first-order valence-corrected chi connectivity index (χ1v) is 16.4. The van der Waals surface area contributed by atoms with Crippen molar-refractivity contribution in [1.82, 2.24) is 0 Å². The Kier molecular flexibility index (Phi) is 12.4. The van der Waals surface area contributed by atoms with Gasteiger partial charge in [-0.15, -0.1) is 0 Å². The van der Waals surface area contributed by atoms with Crippen molar-refractivity contribution in [3.8, 4) is 0 Å². The standard InChI is InChI=1S/C29H36N2O10S2/c1-20-18-24(28(32)33)10-12-26(20)30(14-6-16-42(36,37)38)22(3)8-5-9-23(4)31(15-7-17-43(39,40)41)27-13-11-25(29(34)35)19-21(27)2/h5,8-13,18-19H,6-7,14-17H2,1-4H3,(H3-,32,33,34,35,36,37,38,39,40,41)/p+1. The Morgan fingerprint density at radius 2 is 1.37 bits per heavy atom. The predicted molar refractivity (Wildman–Crippen MR) is 164 cm³/mol. The number of hydrogen-bond donors (Lipinski definition) is 4. The molecule has 0 radical (unpaired) electrons. The van der Waals surface area contributed by atoms with Crippen molar-refractivity contribution in [1.29, 1.82) is 0 Å². The minimum atomic E-state index is -4.18. The molecule has 0 aliphatic rings. The molecule has 0 spiro atoms. The predicted octanol–water partition coefficient (Wildman–Crippen LogP) is 4.33. The van der Waals surface area contributed by atoms with Crippen LogP contribution in [0.5, 0.6) is 0 Å². The fourth-order valence-electron chi connectivity index (χ4n) is 4.47. The number of carboxylic acids is 2. The average molecular weight is 638 g/mol. The maximum atomic E-state index is 11.4. The van der Waals surface area contributed by atoms with E-state index in [1.807, 2.05) is 9.48 Å². The van der Waals surface area contributed by atoms with Gasteiger partial charge in [-0.2, -0.15) is 21.4 Å². The fourth-order valence-corrected chi connectivity index (χ4v) is 5.46. The number of carboxylic acid groups (broad SMARTS) is 2. The van der Waals surface area contributed by atoms with Crippen molar-refractivity contribution in [3.63, 3.8) is 0 Å². The van der Waals surface area contributed by atoms with E-state index in [-0.39, 0.29) is 37.1 Å². The van der Waals surface area contributed by atoms with Gasteiger partial charge in [-0.05, 0) is 69.2 Å². The Hall–Kier alpha value is -3.85. The van der Waals surface area contributed by atoms with Crippen molar-refractivity contribution >= 4 is 49.3 Å². The highest BCUT2D eigenvalue weighted by molar-refractivity contribution is 7.86. The number of allylic oxidation sites excluding steroid dienone is 4.